The number of nitrogens with two attached hydrogens (primary N) is 1. The molecule has 2 atom stereocenters. The number of rotatable bonds is 5. The van der Waals surface area contributed by atoms with Crippen LogP contribution in [0.3, 0.4) is 0 Å². The van der Waals surface area contributed by atoms with E-state index in [-0.39, 0.29) is 5.41 Å². The third-order valence-electron chi connectivity index (χ3n) is 5.73. The number of hydrogen-bond donors (Lipinski definition) is 2. The summed E-state index contributed by atoms with van der Waals surface area (Å²) >= 11 is 0. The van der Waals surface area contributed by atoms with Crippen molar-refractivity contribution in [1.29, 1.82) is 0 Å². The zero-order valence-corrected chi connectivity index (χ0v) is 15.0. The van der Waals surface area contributed by atoms with Crippen molar-refractivity contribution in [3.63, 3.8) is 0 Å². The summed E-state index contributed by atoms with van der Waals surface area (Å²) in [6.45, 7) is 7.34. The second-order valence-corrected chi connectivity index (χ2v) is 7.23. The van der Waals surface area contributed by atoms with Crippen LogP contribution in [0.1, 0.15) is 41.5 Å². The molecule has 2 heteroatoms. The van der Waals surface area contributed by atoms with E-state index in [1.807, 2.05) is 0 Å². The highest BCUT2D eigenvalue weighted by molar-refractivity contribution is 5.45. The Morgan fingerprint density at radius 2 is 1.83 bits per heavy atom. The van der Waals surface area contributed by atoms with E-state index in [0.717, 1.165) is 32.5 Å². The van der Waals surface area contributed by atoms with Gasteiger partial charge >= 0.3 is 0 Å². The summed E-state index contributed by atoms with van der Waals surface area (Å²) in [6.07, 6.45) is 3.41. The number of benzene rings is 2. The van der Waals surface area contributed by atoms with Gasteiger partial charge in [0, 0.05) is 5.41 Å². The first-order chi connectivity index (χ1) is 11.7. The molecule has 0 saturated carbocycles. The molecular formula is C22H30N2. The maximum atomic E-state index is 5.84. The van der Waals surface area contributed by atoms with E-state index in [4.69, 9.17) is 5.73 Å². The number of hydrogen-bond acceptors (Lipinski definition) is 2. The first kappa shape index (κ1) is 17.2. The quantitative estimate of drug-likeness (QED) is 0.875. The molecule has 0 bridgehead atoms. The number of aryl methyl sites for hydroxylation is 2. The summed E-state index contributed by atoms with van der Waals surface area (Å²) in [6, 6.07) is 18.2. The lowest BCUT2D eigenvalue weighted by Gasteiger charge is -2.46. The molecule has 1 aliphatic heterocycles. The maximum Gasteiger partial charge on any atom is 0.0257 e. The van der Waals surface area contributed by atoms with Crippen LogP contribution in [0, 0.1) is 19.8 Å². The molecule has 2 aromatic rings. The molecule has 0 radical (unpaired) electrons. The molecule has 1 saturated heterocycles. The Morgan fingerprint density at radius 3 is 2.54 bits per heavy atom. The third kappa shape index (κ3) is 3.13. The van der Waals surface area contributed by atoms with Gasteiger partial charge in [0.25, 0.3) is 0 Å². The normalized spacial score (nSPS) is 24.0. The molecule has 128 valence electrons. The van der Waals surface area contributed by atoms with Gasteiger partial charge < -0.3 is 11.1 Å². The Bertz CT molecular complexity index is 662. The summed E-state index contributed by atoms with van der Waals surface area (Å²) in [5, 5.41) is 3.63. The van der Waals surface area contributed by atoms with Crippen molar-refractivity contribution >= 4 is 0 Å². The first-order valence-corrected chi connectivity index (χ1v) is 9.22. The van der Waals surface area contributed by atoms with Crippen LogP contribution in [0.5, 0.6) is 0 Å². The fraction of sp³-hybridized carbons (Fsp3) is 0.455. The molecule has 3 rings (SSSR count). The van der Waals surface area contributed by atoms with Crippen LogP contribution in [-0.4, -0.2) is 19.6 Å². The fourth-order valence-electron chi connectivity index (χ4n) is 4.47. The minimum Gasteiger partial charge on any atom is -0.330 e. The van der Waals surface area contributed by atoms with E-state index in [2.05, 4.69) is 67.7 Å². The predicted molar refractivity (Wildman–Crippen MR) is 102 cm³/mol. The molecule has 2 unspecified atom stereocenters. The molecule has 24 heavy (non-hydrogen) atoms. The Balaban J connectivity index is 2.15. The van der Waals surface area contributed by atoms with E-state index in [9.17, 15) is 0 Å². The largest absolute Gasteiger partial charge is 0.330 e. The van der Waals surface area contributed by atoms with Crippen molar-refractivity contribution in [2.24, 2.45) is 11.7 Å². The lowest BCUT2D eigenvalue weighted by atomic mass is 9.60. The molecule has 3 N–H and O–H groups in total. The van der Waals surface area contributed by atoms with Gasteiger partial charge in [0.15, 0.2) is 0 Å². The van der Waals surface area contributed by atoms with E-state index in [1.54, 1.807) is 0 Å². The monoisotopic (exact) mass is 322 g/mol. The first-order valence-electron chi connectivity index (χ1n) is 9.22. The van der Waals surface area contributed by atoms with E-state index in [1.165, 1.54) is 28.7 Å². The lowest BCUT2D eigenvalue weighted by molar-refractivity contribution is 0.225. The summed E-state index contributed by atoms with van der Waals surface area (Å²) in [4.78, 5) is 0. The van der Waals surface area contributed by atoms with Crippen LogP contribution in [-0.2, 0) is 5.41 Å². The molecule has 1 fully saturated rings. The summed E-state index contributed by atoms with van der Waals surface area (Å²) in [5.74, 6) is 0.582. The van der Waals surface area contributed by atoms with Crippen molar-refractivity contribution in [2.45, 2.75) is 38.5 Å². The molecule has 2 nitrogen and oxygen atoms in total. The van der Waals surface area contributed by atoms with Crippen LogP contribution >= 0.6 is 0 Å². The zero-order chi connectivity index (χ0) is 17.0. The van der Waals surface area contributed by atoms with Gasteiger partial charge in [-0.1, -0.05) is 54.1 Å². The number of piperidine rings is 1. The van der Waals surface area contributed by atoms with Crippen LogP contribution in [0.25, 0.3) is 0 Å². The second-order valence-electron chi connectivity index (χ2n) is 7.23. The molecule has 1 heterocycles. The molecule has 0 amide bonds. The minimum atomic E-state index is 0.0967. The third-order valence-corrected chi connectivity index (χ3v) is 5.73. The van der Waals surface area contributed by atoms with Gasteiger partial charge in [0.05, 0.1) is 0 Å². The molecule has 0 aromatic heterocycles. The van der Waals surface area contributed by atoms with Gasteiger partial charge in [-0.15, -0.1) is 0 Å². The van der Waals surface area contributed by atoms with Gasteiger partial charge in [-0.2, -0.15) is 0 Å². The van der Waals surface area contributed by atoms with Crippen LogP contribution in [0.15, 0.2) is 48.5 Å². The average molecular weight is 322 g/mol. The second kappa shape index (κ2) is 7.50. The van der Waals surface area contributed by atoms with Crippen molar-refractivity contribution in [2.75, 3.05) is 19.6 Å². The van der Waals surface area contributed by atoms with Gasteiger partial charge in [-0.3, -0.25) is 0 Å². The Labute approximate surface area is 146 Å². The Morgan fingerprint density at radius 1 is 1.08 bits per heavy atom. The Hall–Kier alpha value is -1.64. The molecular weight excluding hydrogens is 292 g/mol. The minimum absolute atomic E-state index is 0.0967. The van der Waals surface area contributed by atoms with Crippen molar-refractivity contribution in [1.82, 2.24) is 5.32 Å². The zero-order valence-electron chi connectivity index (χ0n) is 15.0. The van der Waals surface area contributed by atoms with Gasteiger partial charge in [-0.25, -0.2) is 0 Å². The maximum absolute atomic E-state index is 5.84. The smallest absolute Gasteiger partial charge is 0.0257 e. The number of nitrogens with one attached hydrogen (secondary N) is 1. The van der Waals surface area contributed by atoms with Crippen molar-refractivity contribution in [3.8, 4) is 0 Å². The van der Waals surface area contributed by atoms with E-state index in [0.29, 0.717) is 5.92 Å². The highest BCUT2D eigenvalue weighted by atomic mass is 14.9. The SMILES string of the molecule is Cc1ccc(C2(c3ccccc3C)CCNCC2CCCN)cc1. The Kier molecular flexibility index (Phi) is 5.37. The highest BCUT2D eigenvalue weighted by Crippen LogP contribution is 2.46. The molecule has 0 spiro atoms. The highest BCUT2D eigenvalue weighted by Gasteiger charge is 2.43. The predicted octanol–water partition coefficient (Wildman–Crippen LogP) is 3.94. The average Bonchev–Trinajstić information content (AvgIpc) is 2.61. The lowest BCUT2D eigenvalue weighted by Crippen LogP contribution is -2.49. The van der Waals surface area contributed by atoms with Gasteiger partial charge in [0.1, 0.15) is 0 Å². The van der Waals surface area contributed by atoms with Crippen molar-refractivity contribution in [3.05, 3.63) is 70.8 Å². The molecule has 2 aromatic carbocycles. The summed E-state index contributed by atoms with van der Waals surface area (Å²) in [7, 11) is 0. The fourth-order valence-corrected chi connectivity index (χ4v) is 4.47. The van der Waals surface area contributed by atoms with Gasteiger partial charge in [-0.05, 0) is 75.4 Å². The standard InChI is InChI=1S/C22H30N2/c1-17-9-11-19(12-10-17)22(21-8-4-3-6-18(21)2)13-15-24-16-20(22)7-5-14-23/h3-4,6,8-12,20,24H,5,7,13-16,23H2,1-2H3. The van der Waals surface area contributed by atoms with E-state index < -0.39 is 0 Å². The van der Waals surface area contributed by atoms with Crippen LogP contribution in [0.4, 0.5) is 0 Å². The van der Waals surface area contributed by atoms with E-state index >= 15 is 0 Å². The molecule has 0 aliphatic carbocycles. The van der Waals surface area contributed by atoms with Crippen molar-refractivity contribution < 1.29 is 0 Å². The topological polar surface area (TPSA) is 38.0 Å². The summed E-state index contributed by atoms with van der Waals surface area (Å²) in [5.41, 5.74) is 11.6. The van der Waals surface area contributed by atoms with Crippen LogP contribution in [0.2, 0.25) is 0 Å². The summed E-state index contributed by atoms with van der Waals surface area (Å²) < 4.78 is 0. The van der Waals surface area contributed by atoms with Gasteiger partial charge in [0.2, 0.25) is 0 Å². The van der Waals surface area contributed by atoms with Crippen LogP contribution < -0.4 is 11.1 Å². The molecule has 1 aliphatic rings.